The molecule has 0 radical (unpaired) electrons. The molecule has 1 aromatic carbocycles. The third-order valence-corrected chi connectivity index (χ3v) is 2.57. The van der Waals surface area contributed by atoms with Gasteiger partial charge >= 0.3 is 5.97 Å². The van der Waals surface area contributed by atoms with Crippen molar-refractivity contribution in [3.8, 4) is 11.8 Å². The Balaban J connectivity index is 3.20. The fourth-order valence-electron chi connectivity index (χ4n) is 1.61. The van der Waals surface area contributed by atoms with Gasteiger partial charge in [0.1, 0.15) is 5.75 Å². The minimum absolute atomic E-state index is 0.0831. The SMILES string of the molecule is CCc1cc(C#N)c(CC(=O)OC)cc1OC. The highest BCUT2D eigenvalue weighted by Crippen LogP contribution is 2.24. The highest BCUT2D eigenvalue weighted by Gasteiger charge is 2.12. The van der Waals surface area contributed by atoms with Crippen LogP contribution < -0.4 is 4.74 Å². The van der Waals surface area contributed by atoms with E-state index in [1.165, 1.54) is 7.11 Å². The molecule has 0 saturated carbocycles. The second-order valence-electron chi connectivity index (χ2n) is 3.54. The fraction of sp³-hybridized carbons (Fsp3) is 0.385. The van der Waals surface area contributed by atoms with Gasteiger partial charge in [-0.3, -0.25) is 4.79 Å². The number of esters is 1. The highest BCUT2D eigenvalue weighted by atomic mass is 16.5. The third-order valence-electron chi connectivity index (χ3n) is 2.57. The second-order valence-corrected chi connectivity index (χ2v) is 3.54. The molecule has 4 nitrogen and oxygen atoms in total. The number of carbonyl (C=O) groups excluding carboxylic acids is 1. The van der Waals surface area contributed by atoms with Gasteiger partial charge in [-0.2, -0.15) is 5.26 Å². The van der Waals surface area contributed by atoms with E-state index in [9.17, 15) is 4.79 Å². The van der Waals surface area contributed by atoms with Crippen molar-refractivity contribution >= 4 is 5.97 Å². The van der Waals surface area contributed by atoms with Gasteiger partial charge in [0.25, 0.3) is 0 Å². The Kier molecular flexibility index (Phi) is 4.53. The maximum Gasteiger partial charge on any atom is 0.310 e. The molecule has 0 spiro atoms. The molecule has 1 rings (SSSR count). The summed E-state index contributed by atoms with van der Waals surface area (Å²) in [5.74, 6) is 0.332. The average Bonchev–Trinajstić information content (AvgIpc) is 2.37. The average molecular weight is 233 g/mol. The Morgan fingerprint density at radius 3 is 2.53 bits per heavy atom. The summed E-state index contributed by atoms with van der Waals surface area (Å²) in [5, 5.41) is 9.04. The van der Waals surface area contributed by atoms with Crippen molar-refractivity contribution < 1.29 is 14.3 Å². The van der Waals surface area contributed by atoms with Crippen LogP contribution in [0.5, 0.6) is 5.75 Å². The van der Waals surface area contributed by atoms with Gasteiger partial charge in [0.15, 0.2) is 0 Å². The normalized spacial score (nSPS) is 9.53. The first-order valence-electron chi connectivity index (χ1n) is 5.32. The van der Waals surface area contributed by atoms with Crippen molar-refractivity contribution in [2.75, 3.05) is 14.2 Å². The van der Waals surface area contributed by atoms with Crippen LogP contribution in [0.15, 0.2) is 12.1 Å². The van der Waals surface area contributed by atoms with Gasteiger partial charge in [-0.25, -0.2) is 0 Å². The molecule has 0 bridgehead atoms. The maximum absolute atomic E-state index is 11.2. The van der Waals surface area contributed by atoms with Gasteiger partial charge in [0.05, 0.1) is 32.3 Å². The Morgan fingerprint density at radius 1 is 1.35 bits per heavy atom. The van der Waals surface area contributed by atoms with Crippen LogP contribution in [0.3, 0.4) is 0 Å². The van der Waals surface area contributed by atoms with Crippen LogP contribution in [0.2, 0.25) is 0 Å². The number of hydrogen-bond acceptors (Lipinski definition) is 4. The first-order chi connectivity index (χ1) is 8.15. The van der Waals surface area contributed by atoms with Crippen LogP contribution >= 0.6 is 0 Å². The van der Waals surface area contributed by atoms with Gasteiger partial charge in [0, 0.05) is 0 Å². The van der Waals surface area contributed by atoms with E-state index < -0.39 is 0 Å². The van der Waals surface area contributed by atoms with Gasteiger partial charge in [-0.1, -0.05) is 6.92 Å². The molecule has 17 heavy (non-hydrogen) atoms. The number of methoxy groups -OCH3 is 2. The molecular weight excluding hydrogens is 218 g/mol. The van der Waals surface area contributed by atoms with E-state index in [4.69, 9.17) is 10.00 Å². The standard InChI is InChI=1S/C13H15NO3/c1-4-9-5-11(8-14)10(6-12(9)16-2)7-13(15)17-3/h5-6H,4,7H2,1-3H3. The van der Waals surface area contributed by atoms with Crippen molar-refractivity contribution in [1.82, 2.24) is 0 Å². The zero-order valence-electron chi connectivity index (χ0n) is 10.2. The molecule has 0 fully saturated rings. The number of ether oxygens (including phenoxy) is 2. The van der Waals surface area contributed by atoms with Crippen LogP contribution in [-0.4, -0.2) is 20.2 Å². The molecule has 0 saturated heterocycles. The molecule has 0 heterocycles. The summed E-state index contributed by atoms with van der Waals surface area (Å²) >= 11 is 0. The van der Waals surface area contributed by atoms with Crippen LogP contribution in [0.25, 0.3) is 0 Å². The predicted molar refractivity (Wildman–Crippen MR) is 62.8 cm³/mol. The molecule has 0 aliphatic rings. The number of hydrogen-bond donors (Lipinski definition) is 0. The summed E-state index contributed by atoms with van der Waals surface area (Å²) in [6, 6.07) is 5.58. The molecule has 0 N–H and O–H groups in total. The van der Waals surface area contributed by atoms with Crippen LogP contribution in [0, 0.1) is 11.3 Å². The number of aryl methyl sites for hydroxylation is 1. The van der Waals surface area contributed by atoms with Crippen molar-refractivity contribution in [2.24, 2.45) is 0 Å². The molecule has 90 valence electrons. The van der Waals surface area contributed by atoms with Gasteiger partial charge in [0.2, 0.25) is 0 Å². The second kappa shape index (κ2) is 5.90. The Bertz CT molecular complexity index is 460. The quantitative estimate of drug-likeness (QED) is 0.744. The lowest BCUT2D eigenvalue weighted by atomic mass is 10.00. The summed E-state index contributed by atoms with van der Waals surface area (Å²) in [5.41, 5.74) is 2.08. The molecule has 0 aliphatic heterocycles. The predicted octanol–water partition coefficient (Wildman–Crippen LogP) is 1.84. The molecule has 0 atom stereocenters. The first-order valence-corrected chi connectivity index (χ1v) is 5.32. The van der Waals surface area contributed by atoms with E-state index in [0.29, 0.717) is 16.9 Å². The minimum Gasteiger partial charge on any atom is -0.496 e. The number of carbonyl (C=O) groups is 1. The van der Waals surface area contributed by atoms with E-state index in [1.807, 2.05) is 6.92 Å². The van der Waals surface area contributed by atoms with Crippen molar-refractivity contribution in [3.05, 3.63) is 28.8 Å². The van der Waals surface area contributed by atoms with Gasteiger partial charge in [-0.15, -0.1) is 0 Å². The summed E-state index contributed by atoms with van der Waals surface area (Å²) in [4.78, 5) is 11.2. The van der Waals surface area contributed by atoms with E-state index in [-0.39, 0.29) is 12.4 Å². The third kappa shape index (κ3) is 2.97. The smallest absolute Gasteiger partial charge is 0.310 e. The molecule has 4 heteroatoms. The maximum atomic E-state index is 11.2. The van der Waals surface area contributed by atoms with E-state index in [2.05, 4.69) is 10.8 Å². The molecule has 0 aromatic heterocycles. The van der Waals surface area contributed by atoms with Crippen LogP contribution in [0.4, 0.5) is 0 Å². The highest BCUT2D eigenvalue weighted by molar-refractivity contribution is 5.74. The molecular formula is C13H15NO3. The summed E-state index contributed by atoms with van der Waals surface area (Å²) in [7, 11) is 2.90. The zero-order chi connectivity index (χ0) is 12.8. The molecule has 0 aliphatic carbocycles. The van der Waals surface area contributed by atoms with Crippen LogP contribution in [0.1, 0.15) is 23.6 Å². The number of nitrogens with zero attached hydrogens (tertiary/aromatic N) is 1. The molecule has 0 unspecified atom stereocenters. The lowest BCUT2D eigenvalue weighted by Gasteiger charge is -2.10. The number of rotatable bonds is 4. The topological polar surface area (TPSA) is 59.3 Å². The summed E-state index contributed by atoms with van der Waals surface area (Å²) < 4.78 is 9.82. The van der Waals surface area contributed by atoms with E-state index >= 15 is 0 Å². The van der Waals surface area contributed by atoms with Crippen LogP contribution in [-0.2, 0) is 22.4 Å². The van der Waals surface area contributed by atoms with Gasteiger partial charge < -0.3 is 9.47 Å². The van der Waals surface area contributed by atoms with Gasteiger partial charge in [-0.05, 0) is 29.7 Å². The van der Waals surface area contributed by atoms with Crippen molar-refractivity contribution in [2.45, 2.75) is 19.8 Å². The minimum atomic E-state index is -0.368. The zero-order valence-corrected chi connectivity index (χ0v) is 10.2. The lowest BCUT2D eigenvalue weighted by molar-refractivity contribution is -0.139. The molecule has 1 aromatic rings. The summed E-state index contributed by atoms with van der Waals surface area (Å²) in [6.07, 6.45) is 0.857. The Labute approximate surface area is 101 Å². The Hall–Kier alpha value is -2.02. The monoisotopic (exact) mass is 233 g/mol. The lowest BCUT2D eigenvalue weighted by Crippen LogP contribution is -2.07. The fourth-order valence-corrected chi connectivity index (χ4v) is 1.61. The first kappa shape index (κ1) is 13.0. The number of benzene rings is 1. The van der Waals surface area contributed by atoms with E-state index in [1.54, 1.807) is 19.2 Å². The largest absolute Gasteiger partial charge is 0.496 e. The van der Waals surface area contributed by atoms with Crippen molar-refractivity contribution in [3.63, 3.8) is 0 Å². The number of nitriles is 1. The Morgan fingerprint density at radius 2 is 2.06 bits per heavy atom. The summed E-state index contributed by atoms with van der Waals surface area (Å²) in [6.45, 7) is 1.99. The molecule has 0 amide bonds. The van der Waals surface area contributed by atoms with Crippen molar-refractivity contribution in [1.29, 1.82) is 5.26 Å². The van der Waals surface area contributed by atoms with E-state index in [0.717, 1.165) is 12.0 Å².